The minimum Gasteiger partial charge on any atom is -0.481 e. The Kier molecular flexibility index (Phi) is 5.50. The Bertz CT molecular complexity index is 552. The summed E-state index contributed by atoms with van der Waals surface area (Å²) in [5.41, 5.74) is 0. The van der Waals surface area contributed by atoms with Gasteiger partial charge in [-0.3, -0.25) is 9.52 Å². The second-order valence-corrected chi connectivity index (χ2v) is 5.54. The van der Waals surface area contributed by atoms with Gasteiger partial charge in [-0.25, -0.2) is 8.42 Å². The van der Waals surface area contributed by atoms with Crippen LogP contribution in [0.15, 0.2) is 6.07 Å². The molecule has 0 unspecified atom stereocenters. The van der Waals surface area contributed by atoms with Gasteiger partial charge in [0.2, 0.25) is 27.7 Å². The van der Waals surface area contributed by atoms with E-state index in [4.69, 9.17) is 14.6 Å². The van der Waals surface area contributed by atoms with Crippen molar-refractivity contribution in [2.45, 2.75) is 12.8 Å². The molecule has 0 spiro atoms. The lowest BCUT2D eigenvalue weighted by Gasteiger charge is -2.08. The molecule has 0 fully saturated rings. The molecule has 0 aliphatic rings. The quantitative estimate of drug-likeness (QED) is 0.692. The molecule has 1 rings (SSSR count). The van der Waals surface area contributed by atoms with Crippen LogP contribution < -0.4 is 14.2 Å². The van der Waals surface area contributed by atoms with Crippen LogP contribution in [0.1, 0.15) is 12.8 Å². The summed E-state index contributed by atoms with van der Waals surface area (Å²) >= 11 is 0. The van der Waals surface area contributed by atoms with Gasteiger partial charge in [-0.05, 0) is 6.42 Å². The van der Waals surface area contributed by atoms with Crippen LogP contribution in [-0.4, -0.2) is 49.4 Å². The van der Waals surface area contributed by atoms with Gasteiger partial charge in [0.15, 0.2) is 0 Å². The standard InChI is InChI=1S/C10H15N3O6S/c1-18-7-6-8(19-2)12-10(11-7)13-20(16,17)5-3-4-9(14)15/h6H,3-5H2,1-2H3,(H,14,15)(H,11,12,13). The second kappa shape index (κ2) is 6.89. The zero-order valence-corrected chi connectivity index (χ0v) is 11.8. The number of aromatic nitrogens is 2. The first kappa shape index (κ1) is 16.0. The third-order valence-electron chi connectivity index (χ3n) is 2.15. The summed E-state index contributed by atoms with van der Waals surface area (Å²) in [7, 11) is -0.994. The van der Waals surface area contributed by atoms with Crippen molar-refractivity contribution in [1.29, 1.82) is 0 Å². The van der Waals surface area contributed by atoms with Gasteiger partial charge in [0.05, 0.1) is 26.0 Å². The van der Waals surface area contributed by atoms with E-state index in [1.165, 1.54) is 20.3 Å². The Labute approximate surface area is 116 Å². The lowest BCUT2D eigenvalue weighted by molar-refractivity contribution is -0.137. The van der Waals surface area contributed by atoms with Crippen LogP contribution in [0.4, 0.5) is 5.95 Å². The lowest BCUT2D eigenvalue weighted by atomic mass is 10.3. The van der Waals surface area contributed by atoms with Crippen LogP contribution in [0, 0.1) is 0 Å². The smallest absolute Gasteiger partial charge is 0.303 e. The second-order valence-electron chi connectivity index (χ2n) is 3.69. The molecule has 0 aromatic carbocycles. The molecule has 0 aliphatic carbocycles. The van der Waals surface area contributed by atoms with E-state index in [9.17, 15) is 13.2 Å². The van der Waals surface area contributed by atoms with Crippen LogP contribution in [-0.2, 0) is 14.8 Å². The van der Waals surface area contributed by atoms with Crippen molar-refractivity contribution < 1.29 is 27.8 Å². The first-order valence-corrected chi connectivity index (χ1v) is 7.21. The Morgan fingerprint density at radius 1 is 1.30 bits per heavy atom. The number of sulfonamides is 1. The van der Waals surface area contributed by atoms with Crippen molar-refractivity contribution in [2.75, 3.05) is 24.7 Å². The molecule has 1 aromatic heterocycles. The molecule has 112 valence electrons. The molecular formula is C10H15N3O6S. The molecule has 0 radical (unpaired) electrons. The van der Waals surface area contributed by atoms with Gasteiger partial charge in [0.1, 0.15) is 0 Å². The van der Waals surface area contributed by atoms with Gasteiger partial charge >= 0.3 is 5.97 Å². The molecule has 20 heavy (non-hydrogen) atoms. The van der Waals surface area contributed by atoms with Crippen molar-refractivity contribution in [3.05, 3.63) is 6.07 Å². The third-order valence-corrected chi connectivity index (χ3v) is 3.47. The van der Waals surface area contributed by atoms with Gasteiger partial charge in [-0.1, -0.05) is 0 Å². The number of carboxylic acids is 1. The molecule has 2 N–H and O–H groups in total. The fraction of sp³-hybridized carbons (Fsp3) is 0.500. The molecule has 1 aromatic rings. The molecule has 0 saturated carbocycles. The number of methoxy groups -OCH3 is 2. The van der Waals surface area contributed by atoms with Gasteiger partial charge in [-0.15, -0.1) is 0 Å². The summed E-state index contributed by atoms with van der Waals surface area (Å²) in [6.07, 6.45) is -0.241. The summed E-state index contributed by atoms with van der Waals surface area (Å²) in [4.78, 5) is 18.0. The maximum absolute atomic E-state index is 11.7. The molecular weight excluding hydrogens is 290 g/mol. The number of anilines is 1. The highest BCUT2D eigenvalue weighted by Gasteiger charge is 2.15. The van der Waals surface area contributed by atoms with Crippen molar-refractivity contribution in [1.82, 2.24) is 9.97 Å². The maximum Gasteiger partial charge on any atom is 0.303 e. The number of aliphatic carboxylic acids is 1. The Morgan fingerprint density at radius 2 is 1.85 bits per heavy atom. The summed E-state index contributed by atoms with van der Waals surface area (Å²) in [5.74, 6) is -1.32. The van der Waals surface area contributed by atoms with Crippen molar-refractivity contribution in [3.63, 3.8) is 0 Å². The molecule has 0 atom stereocenters. The van der Waals surface area contributed by atoms with E-state index >= 15 is 0 Å². The number of rotatable bonds is 8. The van der Waals surface area contributed by atoms with Gasteiger partial charge < -0.3 is 14.6 Å². The zero-order chi connectivity index (χ0) is 15.2. The summed E-state index contributed by atoms with van der Waals surface area (Å²) in [5, 5.41) is 8.46. The number of carbonyl (C=O) groups is 1. The van der Waals surface area contributed by atoms with E-state index in [-0.39, 0.29) is 36.3 Å². The summed E-state index contributed by atoms with van der Waals surface area (Å²) in [6, 6.07) is 1.39. The van der Waals surface area contributed by atoms with Gasteiger partial charge in [0.25, 0.3) is 0 Å². The fourth-order valence-corrected chi connectivity index (χ4v) is 2.26. The number of carboxylic acid groups (broad SMARTS) is 1. The van der Waals surface area contributed by atoms with Crippen LogP contribution in [0.5, 0.6) is 11.8 Å². The SMILES string of the molecule is COc1cc(OC)nc(NS(=O)(=O)CCCC(=O)O)n1. The maximum atomic E-state index is 11.7. The predicted molar refractivity (Wildman–Crippen MR) is 69.4 cm³/mol. The molecule has 1 heterocycles. The monoisotopic (exact) mass is 305 g/mol. The summed E-state index contributed by atoms with van der Waals surface area (Å²) in [6.45, 7) is 0. The van der Waals surface area contributed by atoms with E-state index < -0.39 is 16.0 Å². The van der Waals surface area contributed by atoms with Gasteiger partial charge in [-0.2, -0.15) is 9.97 Å². The number of ether oxygens (including phenoxy) is 2. The van der Waals surface area contributed by atoms with Crippen LogP contribution in [0.3, 0.4) is 0 Å². The Balaban J connectivity index is 2.78. The first-order chi connectivity index (χ1) is 9.36. The molecule has 0 amide bonds. The van der Waals surface area contributed by atoms with E-state index in [1.807, 2.05) is 0 Å². The highest BCUT2D eigenvalue weighted by molar-refractivity contribution is 7.92. The Hall–Kier alpha value is -2.10. The molecule has 0 aliphatic heterocycles. The minimum absolute atomic E-state index is 0.00816. The first-order valence-electron chi connectivity index (χ1n) is 5.55. The third kappa shape index (κ3) is 5.26. The van der Waals surface area contributed by atoms with E-state index in [1.54, 1.807) is 0 Å². The number of hydrogen-bond donors (Lipinski definition) is 2. The minimum atomic E-state index is -3.73. The lowest BCUT2D eigenvalue weighted by Crippen LogP contribution is -2.19. The average Bonchev–Trinajstić information content (AvgIpc) is 2.36. The van der Waals surface area contributed by atoms with E-state index in [0.717, 1.165) is 0 Å². The number of hydrogen-bond acceptors (Lipinski definition) is 7. The Morgan fingerprint density at radius 3 is 2.30 bits per heavy atom. The number of nitrogens with one attached hydrogen (secondary N) is 1. The van der Waals surface area contributed by atoms with Crippen molar-refractivity contribution in [2.24, 2.45) is 0 Å². The van der Waals surface area contributed by atoms with E-state index in [2.05, 4.69) is 14.7 Å². The van der Waals surface area contributed by atoms with Crippen LogP contribution in [0.25, 0.3) is 0 Å². The molecule has 0 saturated heterocycles. The molecule has 10 heteroatoms. The normalized spacial score (nSPS) is 10.9. The fourth-order valence-electron chi connectivity index (χ4n) is 1.26. The average molecular weight is 305 g/mol. The topological polar surface area (TPSA) is 128 Å². The predicted octanol–water partition coefficient (Wildman–Crippen LogP) is 0.100. The number of nitrogens with zero attached hydrogens (tertiary/aromatic N) is 2. The molecule has 9 nitrogen and oxygen atoms in total. The van der Waals surface area contributed by atoms with Gasteiger partial charge in [0, 0.05) is 6.42 Å². The van der Waals surface area contributed by atoms with Crippen molar-refractivity contribution >= 4 is 21.9 Å². The van der Waals surface area contributed by atoms with Crippen LogP contribution in [0.2, 0.25) is 0 Å². The largest absolute Gasteiger partial charge is 0.481 e. The van der Waals surface area contributed by atoms with E-state index in [0.29, 0.717) is 0 Å². The highest BCUT2D eigenvalue weighted by Crippen LogP contribution is 2.18. The zero-order valence-electron chi connectivity index (χ0n) is 11.0. The highest BCUT2D eigenvalue weighted by atomic mass is 32.2. The van der Waals surface area contributed by atoms with Crippen LogP contribution >= 0.6 is 0 Å². The summed E-state index contributed by atoms with van der Waals surface area (Å²) < 4.78 is 35.3. The van der Waals surface area contributed by atoms with Crippen molar-refractivity contribution in [3.8, 4) is 11.8 Å². The molecule has 0 bridgehead atoms.